The number of fused-ring (bicyclic) bond motifs is 1. The molecule has 2 aromatic carbocycles. The van der Waals surface area contributed by atoms with Gasteiger partial charge in [0.25, 0.3) is 0 Å². The van der Waals surface area contributed by atoms with Gasteiger partial charge in [0.15, 0.2) is 0 Å². The molecule has 3 aromatic rings. The van der Waals surface area contributed by atoms with E-state index in [1.54, 1.807) is 17.4 Å². The molecule has 0 aliphatic carbocycles. The highest BCUT2D eigenvalue weighted by atomic mass is 32.1. The van der Waals surface area contributed by atoms with E-state index in [0.717, 1.165) is 26.4 Å². The Kier molecular flexibility index (Phi) is 4.80. The maximum Gasteiger partial charge on any atom is 0.244 e. The molecule has 0 saturated heterocycles. The number of benzene rings is 2. The van der Waals surface area contributed by atoms with Gasteiger partial charge in [-0.25, -0.2) is 4.98 Å². The van der Waals surface area contributed by atoms with Gasteiger partial charge < -0.3 is 10.4 Å². The molecule has 0 aliphatic heterocycles. The van der Waals surface area contributed by atoms with Gasteiger partial charge in [0, 0.05) is 12.6 Å². The maximum atomic E-state index is 11.9. The third-order valence-corrected chi connectivity index (χ3v) is 4.43. The zero-order valence-corrected chi connectivity index (χ0v) is 13.2. The topological polar surface area (TPSA) is 62.2 Å². The molecule has 0 unspecified atom stereocenters. The van der Waals surface area contributed by atoms with Crippen molar-refractivity contribution in [2.45, 2.75) is 13.2 Å². The maximum absolute atomic E-state index is 11.9. The van der Waals surface area contributed by atoms with Crippen LogP contribution in [0.1, 0.15) is 16.1 Å². The summed E-state index contributed by atoms with van der Waals surface area (Å²) in [5.41, 5.74) is 2.68. The lowest BCUT2D eigenvalue weighted by Crippen LogP contribution is -2.21. The SMILES string of the molecule is O=C(/C=C/c1nc2ccccc2s1)NCc1ccccc1CO. The monoisotopic (exact) mass is 324 g/mol. The Labute approximate surface area is 138 Å². The second-order valence-electron chi connectivity index (χ2n) is 5.00. The van der Waals surface area contributed by atoms with Crippen molar-refractivity contribution in [1.29, 1.82) is 0 Å². The molecule has 2 N–H and O–H groups in total. The van der Waals surface area contributed by atoms with E-state index in [9.17, 15) is 9.90 Å². The average molecular weight is 324 g/mol. The van der Waals surface area contributed by atoms with Crippen LogP contribution in [0.2, 0.25) is 0 Å². The van der Waals surface area contributed by atoms with Gasteiger partial charge >= 0.3 is 0 Å². The Hall–Kier alpha value is -2.50. The normalized spacial score (nSPS) is 11.2. The van der Waals surface area contributed by atoms with Crippen molar-refractivity contribution < 1.29 is 9.90 Å². The van der Waals surface area contributed by atoms with Crippen LogP contribution in [0, 0.1) is 0 Å². The second kappa shape index (κ2) is 7.17. The van der Waals surface area contributed by atoms with E-state index in [1.165, 1.54) is 6.08 Å². The number of nitrogens with zero attached hydrogens (tertiary/aromatic N) is 1. The molecule has 1 aromatic heterocycles. The first-order valence-corrected chi connectivity index (χ1v) is 8.07. The first-order valence-electron chi connectivity index (χ1n) is 7.25. The lowest BCUT2D eigenvalue weighted by Gasteiger charge is -2.07. The summed E-state index contributed by atoms with van der Waals surface area (Å²) < 4.78 is 1.10. The first-order chi connectivity index (χ1) is 11.3. The quantitative estimate of drug-likeness (QED) is 0.709. The summed E-state index contributed by atoms with van der Waals surface area (Å²) in [4.78, 5) is 16.4. The molecule has 0 saturated carbocycles. The van der Waals surface area contributed by atoms with Gasteiger partial charge in [0.2, 0.25) is 5.91 Å². The summed E-state index contributed by atoms with van der Waals surface area (Å²) >= 11 is 1.55. The zero-order valence-electron chi connectivity index (χ0n) is 12.4. The van der Waals surface area contributed by atoms with Crippen LogP contribution in [-0.4, -0.2) is 16.0 Å². The van der Waals surface area contributed by atoms with Gasteiger partial charge in [-0.2, -0.15) is 0 Å². The highest BCUT2D eigenvalue weighted by Gasteiger charge is 2.03. The van der Waals surface area contributed by atoms with E-state index in [-0.39, 0.29) is 12.5 Å². The van der Waals surface area contributed by atoms with Crippen LogP contribution in [0.5, 0.6) is 0 Å². The summed E-state index contributed by atoms with van der Waals surface area (Å²) in [5.74, 6) is -0.183. The van der Waals surface area contributed by atoms with Crippen molar-refractivity contribution in [3.05, 3.63) is 70.7 Å². The van der Waals surface area contributed by atoms with Gasteiger partial charge in [-0.05, 0) is 29.3 Å². The second-order valence-corrected chi connectivity index (χ2v) is 6.06. The summed E-state index contributed by atoms with van der Waals surface area (Å²) in [6, 6.07) is 15.4. The van der Waals surface area contributed by atoms with Crippen molar-refractivity contribution in [2.24, 2.45) is 0 Å². The van der Waals surface area contributed by atoms with Crippen LogP contribution in [-0.2, 0) is 17.9 Å². The summed E-state index contributed by atoms with van der Waals surface area (Å²) in [6.07, 6.45) is 3.21. The predicted octanol–water partition coefficient (Wildman–Crippen LogP) is 3.12. The van der Waals surface area contributed by atoms with Crippen LogP contribution >= 0.6 is 11.3 Å². The highest BCUT2D eigenvalue weighted by Crippen LogP contribution is 2.22. The molecule has 23 heavy (non-hydrogen) atoms. The largest absolute Gasteiger partial charge is 0.392 e. The summed E-state index contributed by atoms with van der Waals surface area (Å²) in [5, 5.41) is 12.9. The number of rotatable bonds is 5. The van der Waals surface area contributed by atoms with Gasteiger partial charge in [-0.1, -0.05) is 36.4 Å². The fourth-order valence-corrected chi connectivity index (χ4v) is 3.10. The number of amides is 1. The van der Waals surface area contributed by atoms with Crippen LogP contribution in [0.15, 0.2) is 54.6 Å². The molecule has 1 amide bonds. The number of aliphatic hydroxyl groups is 1. The van der Waals surface area contributed by atoms with E-state index in [2.05, 4.69) is 10.3 Å². The number of carbonyl (C=O) groups excluding carboxylic acids is 1. The van der Waals surface area contributed by atoms with Crippen molar-refractivity contribution in [3.63, 3.8) is 0 Å². The molecule has 5 heteroatoms. The highest BCUT2D eigenvalue weighted by molar-refractivity contribution is 7.19. The Morgan fingerprint density at radius 3 is 2.65 bits per heavy atom. The minimum absolute atomic E-state index is 0.0341. The van der Waals surface area contributed by atoms with Gasteiger partial charge in [-0.3, -0.25) is 4.79 Å². The van der Waals surface area contributed by atoms with E-state index in [1.807, 2.05) is 48.5 Å². The molecular weight excluding hydrogens is 308 g/mol. The first kappa shape index (κ1) is 15.4. The number of aliphatic hydroxyl groups excluding tert-OH is 1. The third-order valence-electron chi connectivity index (χ3n) is 3.43. The molecule has 4 nitrogen and oxygen atoms in total. The van der Waals surface area contributed by atoms with Crippen LogP contribution in [0.4, 0.5) is 0 Å². The smallest absolute Gasteiger partial charge is 0.244 e. The number of hydrogen-bond acceptors (Lipinski definition) is 4. The predicted molar refractivity (Wildman–Crippen MR) is 92.9 cm³/mol. The Bertz CT molecular complexity index is 822. The van der Waals surface area contributed by atoms with E-state index < -0.39 is 0 Å². The van der Waals surface area contributed by atoms with Gasteiger partial charge in [-0.15, -0.1) is 11.3 Å². The lowest BCUT2D eigenvalue weighted by molar-refractivity contribution is -0.116. The third kappa shape index (κ3) is 3.83. The minimum Gasteiger partial charge on any atom is -0.392 e. The standard InChI is InChI=1S/C18H16N2O2S/c21-12-14-6-2-1-5-13(14)11-19-17(22)9-10-18-20-15-7-3-4-8-16(15)23-18/h1-10,21H,11-12H2,(H,19,22)/b10-9+. The van der Waals surface area contributed by atoms with Gasteiger partial charge in [0.05, 0.1) is 16.8 Å². The summed E-state index contributed by atoms with van der Waals surface area (Å²) in [7, 11) is 0. The number of nitrogens with one attached hydrogen (secondary N) is 1. The van der Waals surface area contributed by atoms with Crippen LogP contribution in [0.25, 0.3) is 16.3 Å². The van der Waals surface area contributed by atoms with E-state index in [4.69, 9.17) is 0 Å². The number of aromatic nitrogens is 1. The minimum atomic E-state index is -0.183. The molecule has 0 atom stereocenters. The van der Waals surface area contributed by atoms with Crippen molar-refractivity contribution in [3.8, 4) is 0 Å². The summed E-state index contributed by atoms with van der Waals surface area (Å²) in [6.45, 7) is 0.355. The fourth-order valence-electron chi connectivity index (χ4n) is 2.23. The molecule has 0 bridgehead atoms. The van der Waals surface area contributed by atoms with E-state index >= 15 is 0 Å². The van der Waals surface area contributed by atoms with Crippen LogP contribution < -0.4 is 5.32 Å². The van der Waals surface area contributed by atoms with Crippen molar-refractivity contribution in [2.75, 3.05) is 0 Å². The van der Waals surface area contributed by atoms with Gasteiger partial charge in [0.1, 0.15) is 5.01 Å². The van der Waals surface area contributed by atoms with Crippen molar-refractivity contribution in [1.82, 2.24) is 10.3 Å². The Morgan fingerprint density at radius 2 is 1.87 bits per heavy atom. The Balaban J connectivity index is 1.62. The lowest BCUT2D eigenvalue weighted by atomic mass is 10.1. The fraction of sp³-hybridized carbons (Fsp3) is 0.111. The molecule has 3 rings (SSSR count). The number of carbonyl (C=O) groups is 1. The average Bonchev–Trinajstić information content (AvgIpc) is 3.01. The molecule has 116 valence electrons. The number of hydrogen-bond donors (Lipinski definition) is 2. The van der Waals surface area contributed by atoms with Crippen LogP contribution in [0.3, 0.4) is 0 Å². The Morgan fingerprint density at radius 1 is 1.13 bits per heavy atom. The molecule has 0 fully saturated rings. The zero-order chi connectivity index (χ0) is 16.1. The molecule has 0 radical (unpaired) electrons. The van der Waals surface area contributed by atoms with E-state index in [0.29, 0.717) is 6.54 Å². The number of thiazole rings is 1. The van der Waals surface area contributed by atoms with Crippen molar-refractivity contribution >= 4 is 33.5 Å². The molecule has 0 aliphatic rings. The molecular formula is C18H16N2O2S. The molecule has 0 spiro atoms. The molecule has 1 heterocycles. The number of para-hydroxylation sites is 1.